The van der Waals surface area contributed by atoms with E-state index in [0.717, 1.165) is 36.2 Å². The second kappa shape index (κ2) is 13.7. The van der Waals surface area contributed by atoms with Crippen molar-refractivity contribution < 1.29 is 19.4 Å². The van der Waals surface area contributed by atoms with Gasteiger partial charge in [0.05, 0.1) is 24.4 Å². The van der Waals surface area contributed by atoms with Gasteiger partial charge in [-0.2, -0.15) is 0 Å². The lowest BCUT2D eigenvalue weighted by Gasteiger charge is -2.20. The quantitative estimate of drug-likeness (QED) is 0.240. The molecular formula is C27H29Cl2N3O4. The summed E-state index contributed by atoms with van der Waals surface area (Å²) >= 11 is 12.2. The predicted octanol–water partition coefficient (Wildman–Crippen LogP) is 6.31. The Bertz CT molecular complexity index is 1130. The molecule has 3 rings (SSSR count). The molecule has 0 saturated heterocycles. The number of carboxylic acid groups (broad SMARTS) is 1. The molecule has 0 fully saturated rings. The number of ether oxygens (including phenoxy) is 1. The van der Waals surface area contributed by atoms with Crippen LogP contribution in [0, 0.1) is 0 Å². The number of nitrogens with zero attached hydrogens (tertiary/aromatic N) is 1. The number of benzene rings is 2. The Morgan fingerprint density at radius 1 is 1.06 bits per heavy atom. The molecule has 0 radical (unpaired) electrons. The Kier molecular flexibility index (Phi) is 10.4. The van der Waals surface area contributed by atoms with Crippen LogP contribution < -0.4 is 15.4 Å². The van der Waals surface area contributed by atoms with E-state index in [4.69, 9.17) is 33.0 Å². The summed E-state index contributed by atoms with van der Waals surface area (Å²) in [6.45, 7) is 2.68. The zero-order valence-electron chi connectivity index (χ0n) is 20.0. The SMILES string of the molecule is CCCC[C@@H](COc1ccc(-c2cc(Cl)cc(Cl)c2)nc1)Nc1ccc(C(=O)NCCC(=O)O)cc1. The van der Waals surface area contributed by atoms with Crippen LogP contribution in [0.4, 0.5) is 5.69 Å². The Morgan fingerprint density at radius 2 is 1.78 bits per heavy atom. The van der Waals surface area contributed by atoms with E-state index in [1.807, 2.05) is 36.4 Å². The first-order chi connectivity index (χ1) is 17.3. The number of anilines is 1. The number of aromatic nitrogens is 1. The van der Waals surface area contributed by atoms with E-state index in [1.54, 1.807) is 24.4 Å². The molecule has 7 nitrogen and oxygen atoms in total. The van der Waals surface area contributed by atoms with Gasteiger partial charge in [0, 0.05) is 33.4 Å². The first-order valence-electron chi connectivity index (χ1n) is 11.8. The van der Waals surface area contributed by atoms with Crippen LogP contribution in [0.1, 0.15) is 43.0 Å². The average Bonchev–Trinajstić information content (AvgIpc) is 2.85. The van der Waals surface area contributed by atoms with Crippen molar-refractivity contribution in [2.75, 3.05) is 18.5 Å². The van der Waals surface area contributed by atoms with Crippen molar-refractivity contribution in [1.29, 1.82) is 0 Å². The number of carbonyl (C=O) groups is 2. The highest BCUT2D eigenvalue weighted by molar-refractivity contribution is 6.35. The van der Waals surface area contributed by atoms with Crippen LogP contribution in [0.5, 0.6) is 5.75 Å². The van der Waals surface area contributed by atoms with Gasteiger partial charge in [0.25, 0.3) is 5.91 Å². The molecule has 1 atom stereocenters. The van der Waals surface area contributed by atoms with E-state index >= 15 is 0 Å². The summed E-state index contributed by atoms with van der Waals surface area (Å²) in [4.78, 5) is 27.2. The summed E-state index contributed by atoms with van der Waals surface area (Å²) in [7, 11) is 0. The standard InChI is InChI=1S/C27H29Cl2N3O4/c1-2-3-4-23(32-22-7-5-18(6-8-22)27(35)30-12-11-26(33)34)17-36-24-9-10-25(31-16-24)19-13-20(28)15-21(29)14-19/h5-10,13-16,23,32H,2-4,11-12,17H2,1H3,(H,30,35)(H,33,34)/t23-/m0/s1. The molecule has 0 saturated carbocycles. The molecule has 1 heterocycles. The van der Waals surface area contributed by atoms with Crippen LogP contribution in [0.15, 0.2) is 60.8 Å². The summed E-state index contributed by atoms with van der Waals surface area (Å²) < 4.78 is 6.01. The fourth-order valence-corrected chi connectivity index (χ4v) is 4.05. The van der Waals surface area contributed by atoms with E-state index < -0.39 is 5.97 Å². The summed E-state index contributed by atoms with van der Waals surface area (Å²) in [6.07, 6.45) is 4.58. The molecule has 0 aliphatic rings. The highest BCUT2D eigenvalue weighted by atomic mass is 35.5. The van der Waals surface area contributed by atoms with E-state index in [2.05, 4.69) is 22.5 Å². The molecule has 1 amide bonds. The van der Waals surface area contributed by atoms with Crippen LogP contribution in [0.3, 0.4) is 0 Å². The van der Waals surface area contributed by atoms with E-state index in [0.29, 0.717) is 28.0 Å². The second-order valence-electron chi connectivity index (χ2n) is 8.31. The summed E-state index contributed by atoms with van der Waals surface area (Å²) in [6, 6.07) is 16.2. The van der Waals surface area contributed by atoms with Crippen molar-refractivity contribution >= 4 is 40.8 Å². The molecular weight excluding hydrogens is 501 g/mol. The normalized spacial score (nSPS) is 11.5. The molecule has 0 aliphatic carbocycles. The van der Waals surface area contributed by atoms with Crippen LogP contribution >= 0.6 is 23.2 Å². The molecule has 9 heteroatoms. The van der Waals surface area contributed by atoms with E-state index in [9.17, 15) is 9.59 Å². The molecule has 0 unspecified atom stereocenters. The largest absolute Gasteiger partial charge is 0.490 e. The zero-order valence-corrected chi connectivity index (χ0v) is 21.5. The maximum atomic E-state index is 12.1. The molecule has 0 bridgehead atoms. The number of hydrogen-bond acceptors (Lipinski definition) is 5. The Labute approximate surface area is 220 Å². The van der Waals surface area contributed by atoms with Gasteiger partial charge in [0.2, 0.25) is 0 Å². The summed E-state index contributed by atoms with van der Waals surface area (Å²) in [5.74, 6) is -0.596. The lowest BCUT2D eigenvalue weighted by molar-refractivity contribution is -0.136. The summed E-state index contributed by atoms with van der Waals surface area (Å²) in [5.41, 5.74) is 2.92. The van der Waals surface area contributed by atoms with Gasteiger partial charge in [0.1, 0.15) is 12.4 Å². The topological polar surface area (TPSA) is 101 Å². The van der Waals surface area contributed by atoms with Crippen LogP contribution in [0.25, 0.3) is 11.3 Å². The third-order valence-electron chi connectivity index (χ3n) is 5.39. The number of halogens is 2. The highest BCUT2D eigenvalue weighted by Crippen LogP contribution is 2.27. The molecule has 0 spiro atoms. The molecule has 0 aliphatic heterocycles. The maximum absolute atomic E-state index is 12.1. The first-order valence-corrected chi connectivity index (χ1v) is 12.5. The molecule has 1 aromatic heterocycles. The predicted molar refractivity (Wildman–Crippen MR) is 143 cm³/mol. The Morgan fingerprint density at radius 3 is 2.39 bits per heavy atom. The Hall–Kier alpha value is -3.29. The fraction of sp³-hybridized carbons (Fsp3) is 0.296. The average molecular weight is 530 g/mol. The van der Waals surface area contributed by atoms with Gasteiger partial charge >= 0.3 is 5.97 Å². The van der Waals surface area contributed by atoms with Crippen molar-refractivity contribution in [2.45, 2.75) is 38.6 Å². The molecule has 190 valence electrons. The van der Waals surface area contributed by atoms with Crippen LogP contribution in [-0.2, 0) is 4.79 Å². The minimum absolute atomic E-state index is 0.0617. The number of pyridine rings is 1. The van der Waals surface area contributed by atoms with Gasteiger partial charge < -0.3 is 20.5 Å². The smallest absolute Gasteiger partial charge is 0.305 e. The number of carboxylic acids is 1. The van der Waals surface area contributed by atoms with Gasteiger partial charge in [-0.05, 0) is 61.0 Å². The van der Waals surface area contributed by atoms with Crippen molar-refractivity contribution in [3.05, 3.63) is 76.4 Å². The first kappa shape index (κ1) is 27.3. The van der Waals surface area contributed by atoms with Crippen LogP contribution in [0.2, 0.25) is 10.0 Å². The Balaban J connectivity index is 1.57. The molecule has 3 aromatic rings. The van der Waals surface area contributed by atoms with Gasteiger partial charge in [-0.3, -0.25) is 14.6 Å². The number of unbranched alkanes of at least 4 members (excludes halogenated alkanes) is 1. The molecule has 2 aromatic carbocycles. The zero-order chi connectivity index (χ0) is 25.9. The van der Waals surface area contributed by atoms with Crippen molar-refractivity contribution in [2.24, 2.45) is 0 Å². The van der Waals surface area contributed by atoms with Gasteiger partial charge in [-0.15, -0.1) is 0 Å². The minimum Gasteiger partial charge on any atom is -0.490 e. The molecule has 3 N–H and O–H groups in total. The third-order valence-corrected chi connectivity index (χ3v) is 5.83. The number of nitrogens with one attached hydrogen (secondary N) is 2. The van der Waals surface area contributed by atoms with Gasteiger partial charge in [-0.25, -0.2) is 0 Å². The third kappa shape index (κ3) is 8.73. The molecule has 36 heavy (non-hydrogen) atoms. The lowest BCUT2D eigenvalue weighted by atomic mass is 10.1. The van der Waals surface area contributed by atoms with Crippen molar-refractivity contribution in [1.82, 2.24) is 10.3 Å². The number of rotatable bonds is 13. The van der Waals surface area contributed by atoms with Gasteiger partial charge in [-0.1, -0.05) is 43.0 Å². The number of amides is 1. The second-order valence-corrected chi connectivity index (χ2v) is 9.18. The van der Waals surface area contributed by atoms with Gasteiger partial charge in [0.15, 0.2) is 0 Å². The lowest BCUT2D eigenvalue weighted by Crippen LogP contribution is -2.27. The van der Waals surface area contributed by atoms with Crippen molar-refractivity contribution in [3.8, 4) is 17.0 Å². The highest BCUT2D eigenvalue weighted by Gasteiger charge is 2.12. The minimum atomic E-state index is -0.951. The monoisotopic (exact) mass is 529 g/mol. The fourth-order valence-electron chi connectivity index (χ4n) is 3.52. The van der Waals surface area contributed by atoms with E-state index in [1.165, 1.54) is 0 Å². The van der Waals surface area contributed by atoms with Crippen LogP contribution in [-0.4, -0.2) is 41.2 Å². The number of hydrogen-bond donors (Lipinski definition) is 3. The van der Waals surface area contributed by atoms with E-state index in [-0.39, 0.29) is 24.9 Å². The summed E-state index contributed by atoms with van der Waals surface area (Å²) in [5, 5.41) is 15.9. The number of aliphatic carboxylic acids is 1. The maximum Gasteiger partial charge on any atom is 0.305 e. The van der Waals surface area contributed by atoms with Crippen molar-refractivity contribution in [3.63, 3.8) is 0 Å². The number of carbonyl (C=O) groups excluding carboxylic acids is 1.